The first-order valence-electron chi connectivity index (χ1n) is 7.06. The van der Waals surface area contributed by atoms with Crippen LogP contribution in [0.5, 0.6) is 0 Å². The van der Waals surface area contributed by atoms with Gasteiger partial charge in [0.05, 0.1) is 4.90 Å². The highest BCUT2D eigenvalue weighted by atomic mass is 32.2. The van der Waals surface area contributed by atoms with E-state index in [4.69, 9.17) is 10.9 Å². The molecule has 3 aromatic rings. The van der Waals surface area contributed by atoms with Crippen LogP contribution in [0.1, 0.15) is 0 Å². The van der Waals surface area contributed by atoms with Crippen molar-refractivity contribution >= 4 is 37.9 Å². The van der Waals surface area contributed by atoms with Gasteiger partial charge in [-0.05, 0) is 46.0 Å². The summed E-state index contributed by atoms with van der Waals surface area (Å²) in [7, 11) is -3.88. The predicted molar refractivity (Wildman–Crippen MR) is 100.0 cm³/mol. The molecule has 3 aromatic carbocycles. The van der Waals surface area contributed by atoms with Crippen LogP contribution in [-0.4, -0.2) is 13.6 Å². The molecular weight excluding hydrogens is 342 g/mol. The normalized spacial score (nSPS) is 12.5. The molecule has 0 aliphatic carbocycles. The number of hydrogen-bond acceptors (Lipinski definition) is 4. The minimum atomic E-state index is -3.88. The maximum atomic E-state index is 12.3. The van der Waals surface area contributed by atoms with E-state index in [9.17, 15) is 8.42 Å². The van der Waals surface area contributed by atoms with E-state index >= 15 is 0 Å². The molecule has 24 heavy (non-hydrogen) atoms. The van der Waals surface area contributed by atoms with Crippen molar-refractivity contribution in [2.75, 3.05) is 0 Å². The molecular formula is C17H15N3O2S2. The summed E-state index contributed by atoms with van der Waals surface area (Å²) < 4.78 is 28.0. The van der Waals surface area contributed by atoms with Crippen molar-refractivity contribution in [1.29, 1.82) is 0 Å². The number of hydrogen-bond donors (Lipinski definition) is 2. The molecule has 0 saturated heterocycles. The summed E-state index contributed by atoms with van der Waals surface area (Å²) in [5.41, 5.74) is 7.53. The molecule has 0 saturated carbocycles. The molecule has 5 nitrogen and oxygen atoms in total. The Morgan fingerprint density at radius 1 is 0.958 bits per heavy atom. The molecule has 0 atom stereocenters. The molecule has 0 unspecified atom stereocenters. The molecule has 0 amide bonds. The monoisotopic (exact) mass is 357 g/mol. The number of benzene rings is 3. The van der Waals surface area contributed by atoms with Crippen molar-refractivity contribution in [3.63, 3.8) is 0 Å². The first kappa shape index (κ1) is 16.5. The minimum absolute atomic E-state index is 0.0808. The van der Waals surface area contributed by atoms with Gasteiger partial charge in [-0.2, -0.15) is 8.42 Å². The van der Waals surface area contributed by atoms with Crippen molar-refractivity contribution < 1.29 is 8.42 Å². The maximum Gasteiger partial charge on any atom is 0.284 e. The van der Waals surface area contributed by atoms with E-state index in [1.807, 2.05) is 48.5 Å². The Hall–Kier alpha value is -2.35. The highest BCUT2D eigenvalue weighted by molar-refractivity contribution is 8.12. The zero-order chi connectivity index (χ0) is 17.2. The molecule has 0 bridgehead atoms. The predicted octanol–water partition coefficient (Wildman–Crippen LogP) is 3.12. The topological polar surface area (TPSA) is 98.5 Å². The van der Waals surface area contributed by atoms with Gasteiger partial charge in [-0.3, -0.25) is 5.14 Å². The molecule has 0 radical (unpaired) electrons. The molecule has 7 heteroatoms. The highest BCUT2D eigenvalue weighted by Crippen LogP contribution is 2.30. The van der Waals surface area contributed by atoms with E-state index < -0.39 is 10.0 Å². The lowest BCUT2D eigenvalue weighted by molar-refractivity contribution is 0.598. The Bertz CT molecular complexity index is 1020. The van der Waals surface area contributed by atoms with Crippen LogP contribution in [0.15, 0.2) is 76.0 Å². The third-order valence-corrected chi connectivity index (χ3v) is 5.30. The average molecular weight is 357 g/mol. The third-order valence-electron chi connectivity index (χ3n) is 3.57. The van der Waals surface area contributed by atoms with Crippen LogP contribution in [0.3, 0.4) is 0 Å². The molecule has 0 aliphatic heterocycles. The number of nitrogens with two attached hydrogens (primary N) is 2. The van der Waals surface area contributed by atoms with Gasteiger partial charge in [-0.25, -0.2) is 0 Å². The summed E-state index contributed by atoms with van der Waals surface area (Å²) >= 11 is 0.598. The van der Waals surface area contributed by atoms with E-state index in [0.717, 1.165) is 21.9 Å². The van der Waals surface area contributed by atoms with E-state index in [-0.39, 0.29) is 10.1 Å². The molecule has 0 heterocycles. The van der Waals surface area contributed by atoms with Gasteiger partial charge in [0.1, 0.15) is 0 Å². The van der Waals surface area contributed by atoms with Gasteiger partial charge >= 0.3 is 0 Å². The first-order valence-corrected chi connectivity index (χ1v) is 9.38. The number of amidine groups is 1. The van der Waals surface area contributed by atoms with Crippen molar-refractivity contribution in [3.05, 3.63) is 66.7 Å². The summed E-state index contributed by atoms with van der Waals surface area (Å²) in [6.45, 7) is 0. The largest absolute Gasteiger partial charge is 0.377 e. The summed E-state index contributed by atoms with van der Waals surface area (Å²) in [6, 6.07) is 20.6. The SMILES string of the molecule is NSC(N)=NS(=O)(=O)c1ccc2c(-c3ccccc3)cccc2c1. The number of nitrogens with zero attached hydrogens (tertiary/aromatic N) is 1. The second-order valence-electron chi connectivity index (χ2n) is 5.08. The Morgan fingerprint density at radius 2 is 1.71 bits per heavy atom. The van der Waals surface area contributed by atoms with Crippen LogP contribution in [0, 0.1) is 0 Å². The fourth-order valence-corrected chi connectivity index (χ4v) is 3.81. The minimum Gasteiger partial charge on any atom is -0.377 e. The van der Waals surface area contributed by atoms with Crippen LogP contribution in [0.2, 0.25) is 0 Å². The number of rotatable bonds is 3. The summed E-state index contributed by atoms with van der Waals surface area (Å²) in [4.78, 5) is 0.0808. The van der Waals surface area contributed by atoms with Crippen LogP contribution in [-0.2, 0) is 10.0 Å². The van der Waals surface area contributed by atoms with Gasteiger partial charge in [0.15, 0.2) is 5.17 Å². The van der Waals surface area contributed by atoms with Crippen LogP contribution < -0.4 is 10.9 Å². The number of sulfonamides is 1. The van der Waals surface area contributed by atoms with Crippen molar-refractivity contribution in [1.82, 2.24) is 0 Å². The second kappa shape index (κ2) is 6.64. The lowest BCUT2D eigenvalue weighted by atomic mass is 9.98. The van der Waals surface area contributed by atoms with Crippen molar-refractivity contribution in [3.8, 4) is 11.1 Å². The molecule has 4 N–H and O–H groups in total. The zero-order valence-electron chi connectivity index (χ0n) is 12.6. The maximum absolute atomic E-state index is 12.3. The molecule has 3 rings (SSSR count). The quantitative estimate of drug-likeness (QED) is 0.426. The van der Waals surface area contributed by atoms with Gasteiger partial charge < -0.3 is 5.73 Å². The highest BCUT2D eigenvalue weighted by Gasteiger charge is 2.15. The Labute approximate surface area is 144 Å². The van der Waals surface area contributed by atoms with E-state index in [2.05, 4.69) is 4.40 Å². The van der Waals surface area contributed by atoms with Gasteiger partial charge in [-0.1, -0.05) is 54.6 Å². The lowest BCUT2D eigenvalue weighted by Gasteiger charge is -2.08. The molecule has 0 fully saturated rings. The molecule has 122 valence electrons. The summed E-state index contributed by atoms with van der Waals surface area (Å²) in [6.07, 6.45) is 0. The van der Waals surface area contributed by atoms with E-state index in [1.54, 1.807) is 12.1 Å². The van der Waals surface area contributed by atoms with E-state index in [1.165, 1.54) is 6.07 Å². The van der Waals surface area contributed by atoms with Crippen molar-refractivity contribution in [2.24, 2.45) is 15.3 Å². The second-order valence-corrected chi connectivity index (χ2v) is 7.34. The first-order chi connectivity index (χ1) is 11.5. The Balaban J connectivity index is 2.15. The van der Waals surface area contributed by atoms with Crippen LogP contribution in [0.25, 0.3) is 21.9 Å². The number of fused-ring (bicyclic) bond motifs is 1. The summed E-state index contributed by atoms with van der Waals surface area (Å²) in [5.74, 6) is 0. The van der Waals surface area contributed by atoms with E-state index in [0.29, 0.717) is 11.9 Å². The fraction of sp³-hybridized carbons (Fsp3) is 0. The Kier molecular flexibility index (Phi) is 4.57. The zero-order valence-corrected chi connectivity index (χ0v) is 14.2. The molecule has 0 spiro atoms. The molecule has 0 aromatic heterocycles. The smallest absolute Gasteiger partial charge is 0.284 e. The average Bonchev–Trinajstić information content (AvgIpc) is 2.61. The summed E-state index contributed by atoms with van der Waals surface area (Å²) in [5, 5.41) is 6.80. The van der Waals surface area contributed by atoms with Crippen molar-refractivity contribution in [2.45, 2.75) is 4.90 Å². The fourth-order valence-electron chi connectivity index (χ4n) is 2.48. The third kappa shape index (κ3) is 3.28. The molecule has 0 aliphatic rings. The van der Waals surface area contributed by atoms with Gasteiger partial charge in [0.2, 0.25) is 0 Å². The Morgan fingerprint density at radius 3 is 2.42 bits per heavy atom. The standard InChI is InChI=1S/C17H15N3O2S2/c18-17(23-19)20-24(21,22)14-9-10-16-13(11-14)7-4-8-15(16)12-5-2-1-3-6-12/h1-11H,19H2,(H2,18,20). The van der Waals surface area contributed by atoms with Gasteiger partial charge in [0.25, 0.3) is 10.0 Å². The lowest BCUT2D eigenvalue weighted by Crippen LogP contribution is -2.12. The van der Waals surface area contributed by atoms with Crippen LogP contribution >= 0.6 is 11.9 Å². The van der Waals surface area contributed by atoms with Crippen LogP contribution in [0.4, 0.5) is 0 Å². The van der Waals surface area contributed by atoms with Gasteiger partial charge in [-0.15, -0.1) is 4.40 Å². The van der Waals surface area contributed by atoms with Gasteiger partial charge in [0, 0.05) is 0 Å².